The third kappa shape index (κ3) is 65.5. The fraction of sp³-hybridized carbons (Fsp3) is 0.795. The molecule has 0 aromatic carbocycles. The molecule has 0 amide bonds. The first-order chi connectivity index (χ1) is 39.0. The van der Waals surface area contributed by atoms with Crippen LogP contribution >= 0.6 is 0 Å². The van der Waals surface area contributed by atoms with Gasteiger partial charge in [0.25, 0.3) is 0 Å². The van der Waals surface area contributed by atoms with Gasteiger partial charge in [-0.3, -0.25) is 14.4 Å². The molecule has 0 heterocycles. The summed E-state index contributed by atoms with van der Waals surface area (Å²) in [5.74, 6) is -0.874. The van der Waals surface area contributed by atoms with Crippen molar-refractivity contribution in [3.63, 3.8) is 0 Å². The van der Waals surface area contributed by atoms with E-state index < -0.39 is 6.10 Å². The van der Waals surface area contributed by atoms with Crippen LogP contribution < -0.4 is 0 Å². The number of esters is 3. The van der Waals surface area contributed by atoms with E-state index in [0.717, 1.165) is 96.3 Å². The van der Waals surface area contributed by atoms with Crippen LogP contribution in [-0.2, 0) is 28.6 Å². The Bertz CT molecular complexity index is 1450. The normalized spacial score (nSPS) is 12.5. The number of hydrogen-bond donors (Lipinski definition) is 0. The molecule has 0 bridgehead atoms. The maximum absolute atomic E-state index is 12.9. The number of carbonyl (C=O) groups excluding carboxylic acids is 3. The number of allylic oxidation sites excluding steroid dienone is 12. The lowest BCUT2D eigenvalue weighted by Crippen LogP contribution is -2.30. The summed E-state index contributed by atoms with van der Waals surface area (Å²) in [6.45, 7) is 6.64. The van der Waals surface area contributed by atoms with Gasteiger partial charge in [0.05, 0.1) is 0 Å². The second-order valence-electron chi connectivity index (χ2n) is 23.1. The van der Waals surface area contributed by atoms with Crippen molar-refractivity contribution in [2.45, 2.75) is 361 Å². The van der Waals surface area contributed by atoms with Crippen LogP contribution in [-0.4, -0.2) is 37.2 Å². The number of hydrogen-bond acceptors (Lipinski definition) is 6. The van der Waals surface area contributed by atoms with Gasteiger partial charge in [0.2, 0.25) is 0 Å². The zero-order valence-corrected chi connectivity index (χ0v) is 52.6. The molecule has 458 valence electrons. The largest absolute Gasteiger partial charge is 0.462 e. The van der Waals surface area contributed by atoms with E-state index in [-0.39, 0.29) is 31.1 Å². The van der Waals surface area contributed by atoms with Gasteiger partial charge in [-0.2, -0.15) is 0 Å². The molecular weight excluding hydrogens is 973 g/mol. The molecule has 0 saturated heterocycles. The highest BCUT2D eigenvalue weighted by Crippen LogP contribution is 2.17. The van der Waals surface area contributed by atoms with Crippen LogP contribution in [0.4, 0.5) is 0 Å². The van der Waals surface area contributed by atoms with Gasteiger partial charge in [-0.05, 0) is 96.3 Å². The summed E-state index contributed by atoms with van der Waals surface area (Å²) >= 11 is 0. The SMILES string of the molecule is CCCCCCC/C=C\C/C=C\C/C=C\CCCCCCCCCCCCCCCCC(=O)OCC(COC(=O)CCCCCCCCCCCCC)OC(=O)CCCCCCCC/C=C\C/C=C\C/C=C\CCCCCCC. The highest BCUT2D eigenvalue weighted by atomic mass is 16.6. The monoisotopic (exact) mass is 1100 g/mol. The molecule has 0 spiro atoms. The lowest BCUT2D eigenvalue weighted by Gasteiger charge is -2.18. The quantitative estimate of drug-likeness (QED) is 0.0261. The Morgan fingerprint density at radius 3 is 0.709 bits per heavy atom. The van der Waals surface area contributed by atoms with Crippen molar-refractivity contribution in [1.29, 1.82) is 0 Å². The minimum atomic E-state index is -0.781. The Morgan fingerprint density at radius 2 is 0.456 bits per heavy atom. The lowest BCUT2D eigenvalue weighted by atomic mass is 10.0. The molecule has 0 aliphatic rings. The maximum Gasteiger partial charge on any atom is 0.306 e. The van der Waals surface area contributed by atoms with Crippen LogP contribution in [0.15, 0.2) is 72.9 Å². The standard InChI is InChI=1S/C73H130O6/c1-4-7-10-13-16-19-22-24-26-28-30-32-33-34-35-36-37-38-39-41-42-44-46-48-51-54-57-60-63-66-72(75)78-69-70(68-77-71(74)65-62-59-56-53-50-21-18-15-12-9-6-3)79-73(76)67-64-61-58-55-52-49-47-45-43-40-31-29-27-25-23-20-17-14-11-8-5-2/h22-25,28-31,33-34,43,45,70H,4-21,26-27,32,35-42,44,46-69H2,1-3H3/b24-22-,25-23-,30-28-,31-29-,34-33-,45-43-. The fourth-order valence-corrected chi connectivity index (χ4v) is 9.99. The summed E-state index contributed by atoms with van der Waals surface area (Å²) in [6, 6.07) is 0. The van der Waals surface area contributed by atoms with Crippen LogP contribution in [0.5, 0.6) is 0 Å². The molecule has 1 unspecified atom stereocenters. The minimum Gasteiger partial charge on any atom is -0.462 e. The van der Waals surface area contributed by atoms with E-state index >= 15 is 0 Å². The van der Waals surface area contributed by atoms with Crippen LogP contribution in [0.2, 0.25) is 0 Å². The van der Waals surface area contributed by atoms with E-state index in [9.17, 15) is 14.4 Å². The first-order valence-electron chi connectivity index (χ1n) is 34.4. The van der Waals surface area contributed by atoms with Gasteiger partial charge < -0.3 is 14.2 Å². The smallest absolute Gasteiger partial charge is 0.306 e. The average molecular weight is 1100 g/mol. The zero-order valence-electron chi connectivity index (χ0n) is 52.6. The first-order valence-corrected chi connectivity index (χ1v) is 34.4. The topological polar surface area (TPSA) is 78.9 Å². The third-order valence-corrected chi connectivity index (χ3v) is 15.2. The summed E-state index contributed by atoms with van der Waals surface area (Å²) < 4.78 is 16.9. The lowest BCUT2D eigenvalue weighted by molar-refractivity contribution is -0.167. The predicted octanol–water partition coefficient (Wildman–Crippen LogP) is 23.7. The molecule has 0 aliphatic carbocycles. The number of ether oxygens (including phenoxy) is 3. The van der Waals surface area contributed by atoms with E-state index in [2.05, 4.69) is 93.7 Å². The van der Waals surface area contributed by atoms with Crippen LogP contribution in [0.25, 0.3) is 0 Å². The van der Waals surface area contributed by atoms with Crippen molar-refractivity contribution in [3.05, 3.63) is 72.9 Å². The molecule has 0 rings (SSSR count). The summed E-state index contributed by atoms with van der Waals surface area (Å²) in [5.41, 5.74) is 0. The second-order valence-corrected chi connectivity index (χ2v) is 23.1. The van der Waals surface area contributed by atoms with Crippen molar-refractivity contribution >= 4 is 17.9 Å². The van der Waals surface area contributed by atoms with Crippen molar-refractivity contribution < 1.29 is 28.6 Å². The molecule has 0 radical (unpaired) electrons. The molecule has 0 saturated carbocycles. The highest BCUT2D eigenvalue weighted by Gasteiger charge is 2.19. The molecule has 6 nitrogen and oxygen atoms in total. The van der Waals surface area contributed by atoms with Crippen LogP contribution in [0.1, 0.15) is 355 Å². The van der Waals surface area contributed by atoms with Crippen molar-refractivity contribution in [3.8, 4) is 0 Å². The maximum atomic E-state index is 12.9. The Morgan fingerprint density at radius 1 is 0.253 bits per heavy atom. The highest BCUT2D eigenvalue weighted by molar-refractivity contribution is 5.71. The minimum absolute atomic E-state index is 0.0773. The van der Waals surface area contributed by atoms with Crippen molar-refractivity contribution in [2.75, 3.05) is 13.2 Å². The Hall–Kier alpha value is -3.15. The Labute approximate surface area is 491 Å². The second kappa shape index (κ2) is 67.4. The van der Waals surface area contributed by atoms with Gasteiger partial charge in [-0.1, -0.05) is 312 Å². The molecule has 0 aliphatic heterocycles. The summed E-state index contributed by atoms with van der Waals surface area (Å²) in [4.78, 5) is 38.3. The van der Waals surface area contributed by atoms with Gasteiger partial charge in [0.15, 0.2) is 6.10 Å². The number of carbonyl (C=O) groups is 3. The number of rotatable bonds is 63. The van der Waals surface area contributed by atoms with Gasteiger partial charge >= 0.3 is 17.9 Å². The van der Waals surface area contributed by atoms with Crippen molar-refractivity contribution in [1.82, 2.24) is 0 Å². The van der Waals surface area contributed by atoms with E-state index in [1.165, 1.54) is 218 Å². The molecule has 6 heteroatoms. The third-order valence-electron chi connectivity index (χ3n) is 15.2. The summed E-state index contributed by atoms with van der Waals surface area (Å²) in [6.07, 6.45) is 87.8. The Balaban J connectivity index is 4.23. The van der Waals surface area contributed by atoms with Gasteiger partial charge in [-0.25, -0.2) is 0 Å². The molecule has 0 aromatic heterocycles. The van der Waals surface area contributed by atoms with Crippen molar-refractivity contribution in [2.24, 2.45) is 0 Å². The predicted molar refractivity (Wildman–Crippen MR) is 344 cm³/mol. The fourth-order valence-electron chi connectivity index (χ4n) is 9.99. The molecule has 79 heavy (non-hydrogen) atoms. The van der Waals surface area contributed by atoms with E-state index in [1.807, 2.05) is 0 Å². The zero-order chi connectivity index (χ0) is 57.1. The number of unbranched alkanes of at least 4 members (excludes halogenated alkanes) is 40. The molecule has 0 aromatic rings. The molecule has 0 N–H and O–H groups in total. The molecule has 1 atom stereocenters. The summed E-state index contributed by atoms with van der Waals surface area (Å²) in [7, 11) is 0. The molecular formula is C73H130O6. The molecule has 0 fully saturated rings. The summed E-state index contributed by atoms with van der Waals surface area (Å²) in [5, 5.41) is 0. The van der Waals surface area contributed by atoms with Crippen LogP contribution in [0, 0.1) is 0 Å². The van der Waals surface area contributed by atoms with Crippen LogP contribution in [0.3, 0.4) is 0 Å². The first kappa shape index (κ1) is 75.8. The van der Waals surface area contributed by atoms with Gasteiger partial charge in [-0.15, -0.1) is 0 Å². The van der Waals surface area contributed by atoms with Gasteiger partial charge in [0.1, 0.15) is 13.2 Å². The van der Waals surface area contributed by atoms with E-state index in [0.29, 0.717) is 19.3 Å². The Kier molecular flexibility index (Phi) is 64.7. The average Bonchev–Trinajstić information content (AvgIpc) is 3.45. The van der Waals surface area contributed by atoms with Gasteiger partial charge in [0, 0.05) is 19.3 Å². The van der Waals surface area contributed by atoms with E-state index in [1.54, 1.807) is 0 Å². The van der Waals surface area contributed by atoms with E-state index in [4.69, 9.17) is 14.2 Å².